The van der Waals surface area contributed by atoms with Crippen molar-refractivity contribution in [3.05, 3.63) is 39.9 Å². The highest BCUT2D eigenvalue weighted by molar-refractivity contribution is 6.10. The van der Waals surface area contributed by atoms with Crippen LogP contribution >= 0.6 is 0 Å². The number of amides is 1. The van der Waals surface area contributed by atoms with Crippen LogP contribution in [-0.2, 0) is 30.5 Å². The lowest BCUT2D eigenvalue weighted by molar-refractivity contribution is -0.384. The van der Waals surface area contributed by atoms with Crippen molar-refractivity contribution in [2.24, 2.45) is 11.8 Å². The lowest BCUT2D eigenvalue weighted by atomic mass is 9.79. The first-order chi connectivity index (χ1) is 13.7. The zero-order valence-electron chi connectivity index (χ0n) is 15.3. The van der Waals surface area contributed by atoms with E-state index in [4.69, 9.17) is 14.6 Å². The number of carboxylic acids is 1. The minimum atomic E-state index is -1.43. The van der Waals surface area contributed by atoms with Crippen molar-refractivity contribution >= 4 is 29.5 Å². The van der Waals surface area contributed by atoms with Gasteiger partial charge in [-0.05, 0) is 17.7 Å². The second-order valence-corrected chi connectivity index (χ2v) is 7.00. The third kappa shape index (κ3) is 3.89. The molecule has 4 atom stereocenters. The molecule has 3 rings (SSSR count). The maximum absolute atomic E-state index is 12.3. The number of fused-ring (bicyclic) bond motifs is 1. The predicted octanol–water partition coefficient (Wildman–Crippen LogP) is 1.14. The summed E-state index contributed by atoms with van der Waals surface area (Å²) in [5.41, 5.74) is 0.453. The second-order valence-electron chi connectivity index (χ2n) is 7.00. The molecule has 29 heavy (non-hydrogen) atoms. The number of β-lactam (4-membered cyclic amide) rings is 1. The summed E-state index contributed by atoms with van der Waals surface area (Å²) in [5.74, 6) is -3.30. The van der Waals surface area contributed by atoms with Crippen LogP contribution in [-0.4, -0.2) is 57.4 Å². The van der Waals surface area contributed by atoms with Gasteiger partial charge in [0.15, 0.2) is 11.8 Å². The molecule has 2 heterocycles. The minimum absolute atomic E-state index is 0.0255. The number of non-ortho nitro benzene ring substituents is 1. The lowest BCUT2D eigenvalue weighted by Crippen LogP contribution is -2.64. The van der Waals surface area contributed by atoms with Crippen LogP contribution in [0.5, 0.6) is 0 Å². The molecule has 2 saturated heterocycles. The van der Waals surface area contributed by atoms with E-state index in [1.165, 1.54) is 24.3 Å². The van der Waals surface area contributed by atoms with Gasteiger partial charge in [0.1, 0.15) is 6.61 Å². The molecule has 0 aromatic heterocycles. The van der Waals surface area contributed by atoms with E-state index in [0.29, 0.717) is 5.56 Å². The molecule has 1 unspecified atom stereocenters. The van der Waals surface area contributed by atoms with E-state index in [9.17, 15) is 29.3 Å². The number of nitrogens with zero attached hydrogens (tertiary/aromatic N) is 2. The Kier molecular flexibility index (Phi) is 5.48. The van der Waals surface area contributed by atoms with Crippen molar-refractivity contribution in [1.82, 2.24) is 4.90 Å². The van der Waals surface area contributed by atoms with E-state index < -0.39 is 52.7 Å². The monoisotopic (exact) mass is 406 g/mol. The van der Waals surface area contributed by atoms with Crippen LogP contribution in [0.4, 0.5) is 10.5 Å². The molecule has 2 aliphatic heterocycles. The number of hydrogen-bond acceptors (Lipinski definition) is 8. The number of benzene rings is 1. The highest BCUT2D eigenvalue weighted by Crippen LogP contribution is 2.41. The van der Waals surface area contributed by atoms with Gasteiger partial charge in [-0.3, -0.25) is 19.7 Å². The van der Waals surface area contributed by atoms with Crippen LogP contribution in [0.15, 0.2) is 24.3 Å². The van der Waals surface area contributed by atoms with Gasteiger partial charge in [-0.25, -0.2) is 9.59 Å². The fourth-order valence-electron chi connectivity index (χ4n) is 3.69. The van der Waals surface area contributed by atoms with E-state index >= 15 is 0 Å². The van der Waals surface area contributed by atoms with E-state index in [-0.39, 0.29) is 25.3 Å². The first kappa shape index (κ1) is 20.2. The zero-order chi connectivity index (χ0) is 21.3. The van der Waals surface area contributed by atoms with Gasteiger partial charge in [-0.1, -0.05) is 6.92 Å². The molecular formula is C18H18N2O9. The maximum atomic E-state index is 12.3. The second kappa shape index (κ2) is 7.86. The van der Waals surface area contributed by atoms with Gasteiger partial charge in [0.25, 0.3) is 5.69 Å². The number of aliphatic carboxylic acids is 1. The lowest BCUT2D eigenvalue weighted by Gasteiger charge is -2.46. The number of carbonyl (C=O) groups excluding carboxylic acids is 3. The Hall–Kier alpha value is -3.50. The van der Waals surface area contributed by atoms with Crippen molar-refractivity contribution in [1.29, 1.82) is 0 Å². The summed E-state index contributed by atoms with van der Waals surface area (Å²) in [6.07, 6.45) is -0.993. The fourth-order valence-corrected chi connectivity index (χ4v) is 3.69. The third-order valence-electron chi connectivity index (χ3n) is 5.12. The van der Waals surface area contributed by atoms with Crippen LogP contribution in [0, 0.1) is 22.0 Å². The SMILES string of the molecule is CC(COC(=O)OCc1ccc([N+](=O)[O-])cc1)[C@@H]1C(=O)N2[C@@H](C(=O)O)C(=O)C[C@H]12. The highest BCUT2D eigenvalue weighted by Gasteiger charge is 2.61. The number of carbonyl (C=O) groups is 4. The van der Waals surface area contributed by atoms with Gasteiger partial charge >= 0.3 is 12.1 Å². The highest BCUT2D eigenvalue weighted by atomic mass is 16.7. The van der Waals surface area contributed by atoms with E-state index in [2.05, 4.69) is 0 Å². The number of ketones is 1. The third-order valence-corrected chi connectivity index (χ3v) is 5.12. The van der Waals surface area contributed by atoms with Crippen molar-refractivity contribution in [2.75, 3.05) is 6.61 Å². The molecule has 1 amide bonds. The zero-order valence-corrected chi connectivity index (χ0v) is 15.3. The first-order valence-corrected chi connectivity index (χ1v) is 8.81. The van der Waals surface area contributed by atoms with Crippen molar-refractivity contribution in [2.45, 2.75) is 32.0 Å². The van der Waals surface area contributed by atoms with Crippen LogP contribution in [0.2, 0.25) is 0 Å². The molecule has 0 aliphatic carbocycles. The molecule has 1 aromatic carbocycles. The van der Waals surface area contributed by atoms with E-state index in [0.717, 1.165) is 4.90 Å². The quantitative estimate of drug-likeness (QED) is 0.231. The minimum Gasteiger partial charge on any atom is -0.479 e. The molecular weight excluding hydrogens is 388 g/mol. The molecule has 0 bridgehead atoms. The Balaban J connectivity index is 1.46. The molecule has 0 radical (unpaired) electrons. The van der Waals surface area contributed by atoms with Crippen molar-refractivity contribution < 1.29 is 38.7 Å². The Morgan fingerprint density at radius 1 is 1.28 bits per heavy atom. The number of hydrogen-bond donors (Lipinski definition) is 1. The maximum Gasteiger partial charge on any atom is 0.508 e. The predicted molar refractivity (Wildman–Crippen MR) is 93.6 cm³/mol. The molecule has 2 fully saturated rings. The molecule has 0 spiro atoms. The number of Topliss-reactive ketones (excluding diaryl/α,β-unsaturated/α-hetero) is 1. The van der Waals surface area contributed by atoms with Gasteiger partial charge in [0, 0.05) is 24.5 Å². The van der Waals surface area contributed by atoms with Gasteiger partial charge in [-0.15, -0.1) is 0 Å². The molecule has 154 valence electrons. The molecule has 1 N–H and O–H groups in total. The first-order valence-electron chi connectivity index (χ1n) is 8.81. The van der Waals surface area contributed by atoms with Gasteiger partial charge in [0.2, 0.25) is 5.91 Å². The Morgan fingerprint density at radius 2 is 1.93 bits per heavy atom. The Morgan fingerprint density at radius 3 is 2.52 bits per heavy atom. The average molecular weight is 406 g/mol. The largest absolute Gasteiger partial charge is 0.508 e. The summed E-state index contributed by atoms with van der Waals surface area (Å²) in [4.78, 5) is 58.1. The number of nitro benzene ring substituents is 1. The van der Waals surface area contributed by atoms with Gasteiger partial charge < -0.3 is 19.5 Å². The normalized spacial score (nSPS) is 23.8. The fraction of sp³-hybridized carbons (Fsp3) is 0.444. The number of nitro groups is 1. The van der Waals surface area contributed by atoms with Crippen LogP contribution in [0.25, 0.3) is 0 Å². The Bertz CT molecular complexity index is 867. The average Bonchev–Trinajstić information content (AvgIpc) is 2.97. The Labute approximate surface area is 164 Å². The topological polar surface area (TPSA) is 153 Å². The van der Waals surface area contributed by atoms with Crippen molar-refractivity contribution in [3.63, 3.8) is 0 Å². The van der Waals surface area contributed by atoms with E-state index in [1.54, 1.807) is 6.92 Å². The molecule has 1 aromatic rings. The molecule has 11 nitrogen and oxygen atoms in total. The number of ether oxygens (including phenoxy) is 2. The van der Waals surface area contributed by atoms with Crippen LogP contribution in [0.3, 0.4) is 0 Å². The number of rotatable bonds is 7. The van der Waals surface area contributed by atoms with Gasteiger partial charge in [0.05, 0.1) is 23.5 Å². The standard InChI is InChI=1S/C18H18N2O9/c1-9(14-12-6-13(21)15(17(23)24)19(12)16(14)22)7-28-18(25)29-8-10-2-4-11(5-3-10)20(26)27/h2-5,9,12,14-15H,6-8H2,1H3,(H,23,24)/t9?,12-,14+,15-/m1/s1. The summed E-state index contributed by atoms with van der Waals surface area (Å²) < 4.78 is 9.93. The molecule has 11 heteroatoms. The van der Waals surface area contributed by atoms with Gasteiger partial charge in [-0.2, -0.15) is 0 Å². The van der Waals surface area contributed by atoms with Crippen LogP contribution < -0.4 is 0 Å². The number of carboxylic acid groups (broad SMARTS) is 1. The molecule has 0 saturated carbocycles. The summed E-state index contributed by atoms with van der Waals surface area (Å²) in [7, 11) is 0. The smallest absolute Gasteiger partial charge is 0.479 e. The van der Waals surface area contributed by atoms with E-state index in [1.807, 2.05) is 0 Å². The summed E-state index contributed by atoms with van der Waals surface area (Å²) in [6.45, 7) is 1.40. The summed E-state index contributed by atoms with van der Waals surface area (Å²) >= 11 is 0. The summed E-state index contributed by atoms with van der Waals surface area (Å²) in [6, 6.07) is 3.55. The molecule has 2 aliphatic rings. The summed E-state index contributed by atoms with van der Waals surface area (Å²) in [5, 5.41) is 19.7. The van der Waals surface area contributed by atoms with Crippen molar-refractivity contribution in [3.8, 4) is 0 Å². The van der Waals surface area contributed by atoms with Crippen LogP contribution in [0.1, 0.15) is 18.9 Å².